The average Bonchev–Trinajstić information content (AvgIpc) is 2.92. The Morgan fingerprint density at radius 1 is 1.60 bits per heavy atom. The first-order valence-corrected chi connectivity index (χ1v) is 6.09. The topological polar surface area (TPSA) is 32.3 Å². The molecule has 2 aliphatic rings. The van der Waals surface area contributed by atoms with Crippen LogP contribution in [0.2, 0.25) is 0 Å². The van der Waals surface area contributed by atoms with E-state index in [4.69, 9.17) is 0 Å². The maximum atomic E-state index is 12.2. The van der Waals surface area contributed by atoms with Gasteiger partial charge in [0.25, 0.3) is 0 Å². The van der Waals surface area contributed by atoms with Gasteiger partial charge in [0.1, 0.15) is 0 Å². The van der Waals surface area contributed by atoms with Crippen molar-refractivity contribution in [3.63, 3.8) is 0 Å². The summed E-state index contributed by atoms with van der Waals surface area (Å²) in [6.07, 6.45) is 2.23. The lowest BCUT2D eigenvalue weighted by atomic mass is 10.0. The smallest absolute Gasteiger partial charge is 0.226 e. The van der Waals surface area contributed by atoms with E-state index < -0.39 is 0 Å². The standard InChI is InChI=1S/C12H22N2O/c1-4-12(3)7-10(12)11(15)14-6-5-13-8-9(14)2/h9-10,13H,4-8H2,1-3H3/t9-,10?,12?/m1/s1. The molecular formula is C12H22N2O. The highest BCUT2D eigenvalue weighted by molar-refractivity contribution is 5.83. The zero-order valence-corrected chi connectivity index (χ0v) is 10.0. The van der Waals surface area contributed by atoms with Gasteiger partial charge in [-0.2, -0.15) is 0 Å². The molecule has 1 aliphatic carbocycles. The molecule has 3 atom stereocenters. The van der Waals surface area contributed by atoms with Gasteiger partial charge in [0.2, 0.25) is 5.91 Å². The summed E-state index contributed by atoms with van der Waals surface area (Å²) in [5.41, 5.74) is 0.307. The Kier molecular flexibility index (Phi) is 2.75. The van der Waals surface area contributed by atoms with Crippen LogP contribution in [0.25, 0.3) is 0 Å². The van der Waals surface area contributed by atoms with Crippen molar-refractivity contribution in [1.29, 1.82) is 0 Å². The SMILES string of the molecule is CCC1(C)CC1C(=O)N1CCNC[C@H]1C. The van der Waals surface area contributed by atoms with Gasteiger partial charge < -0.3 is 10.2 Å². The van der Waals surface area contributed by atoms with Crippen molar-refractivity contribution >= 4 is 5.91 Å². The molecule has 0 aromatic rings. The minimum Gasteiger partial charge on any atom is -0.337 e. The molecule has 2 fully saturated rings. The van der Waals surface area contributed by atoms with Crippen molar-refractivity contribution in [2.24, 2.45) is 11.3 Å². The molecule has 1 N–H and O–H groups in total. The van der Waals surface area contributed by atoms with Gasteiger partial charge in [-0.05, 0) is 25.2 Å². The summed E-state index contributed by atoms with van der Waals surface area (Å²) in [4.78, 5) is 14.3. The van der Waals surface area contributed by atoms with E-state index in [1.165, 1.54) is 0 Å². The Bertz CT molecular complexity index is 266. The summed E-state index contributed by atoms with van der Waals surface area (Å²) >= 11 is 0. The second kappa shape index (κ2) is 3.78. The van der Waals surface area contributed by atoms with Crippen LogP contribution in [0.4, 0.5) is 0 Å². The van der Waals surface area contributed by atoms with Gasteiger partial charge >= 0.3 is 0 Å². The number of amides is 1. The number of hydrogen-bond donors (Lipinski definition) is 1. The second-order valence-corrected chi connectivity index (χ2v) is 5.35. The lowest BCUT2D eigenvalue weighted by Gasteiger charge is -2.34. The fourth-order valence-corrected chi connectivity index (χ4v) is 2.55. The molecule has 1 saturated carbocycles. The van der Waals surface area contributed by atoms with Crippen LogP contribution in [-0.4, -0.2) is 36.5 Å². The van der Waals surface area contributed by atoms with Crippen LogP contribution < -0.4 is 5.32 Å². The molecule has 0 radical (unpaired) electrons. The van der Waals surface area contributed by atoms with Crippen LogP contribution in [0.1, 0.15) is 33.6 Å². The molecule has 0 bridgehead atoms. The fraction of sp³-hybridized carbons (Fsp3) is 0.917. The third kappa shape index (κ3) is 1.89. The largest absolute Gasteiger partial charge is 0.337 e. The molecule has 1 heterocycles. The molecule has 86 valence electrons. The number of rotatable bonds is 2. The number of nitrogens with one attached hydrogen (secondary N) is 1. The maximum absolute atomic E-state index is 12.2. The van der Waals surface area contributed by atoms with Gasteiger partial charge in [0, 0.05) is 31.6 Å². The van der Waals surface area contributed by atoms with Crippen LogP contribution in [0.3, 0.4) is 0 Å². The Morgan fingerprint density at radius 2 is 2.33 bits per heavy atom. The van der Waals surface area contributed by atoms with Gasteiger partial charge in [-0.1, -0.05) is 13.8 Å². The third-order valence-corrected chi connectivity index (χ3v) is 4.24. The van der Waals surface area contributed by atoms with Crippen LogP contribution in [0.5, 0.6) is 0 Å². The van der Waals surface area contributed by atoms with Crippen molar-refractivity contribution in [2.75, 3.05) is 19.6 Å². The number of hydrogen-bond acceptors (Lipinski definition) is 2. The normalized spacial score (nSPS) is 40.3. The van der Waals surface area contributed by atoms with Gasteiger partial charge in [0.05, 0.1) is 0 Å². The quantitative estimate of drug-likeness (QED) is 0.744. The van der Waals surface area contributed by atoms with Gasteiger partial charge in [-0.25, -0.2) is 0 Å². The summed E-state index contributed by atoms with van der Waals surface area (Å²) < 4.78 is 0. The van der Waals surface area contributed by atoms with E-state index in [9.17, 15) is 4.79 Å². The molecular weight excluding hydrogens is 188 g/mol. The van der Waals surface area contributed by atoms with Crippen molar-refractivity contribution in [2.45, 2.75) is 39.7 Å². The lowest BCUT2D eigenvalue weighted by Crippen LogP contribution is -2.53. The summed E-state index contributed by atoms with van der Waals surface area (Å²) in [5, 5.41) is 3.32. The van der Waals surface area contributed by atoms with E-state index in [-0.39, 0.29) is 0 Å². The summed E-state index contributed by atoms with van der Waals surface area (Å²) in [5.74, 6) is 0.705. The average molecular weight is 210 g/mol. The first kappa shape index (κ1) is 10.9. The highest BCUT2D eigenvalue weighted by Crippen LogP contribution is 2.55. The van der Waals surface area contributed by atoms with Gasteiger partial charge in [-0.3, -0.25) is 4.79 Å². The third-order valence-electron chi connectivity index (χ3n) is 4.24. The van der Waals surface area contributed by atoms with Gasteiger partial charge in [-0.15, -0.1) is 0 Å². The van der Waals surface area contributed by atoms with Crippen LogP contribution >= 0.6 is 0 Å². The van der Waals surface area contributed by atoms with Crippen molar-refractivity contribution < 1.29 is 4.79 Å². The summed E-state index contributed by atoms with van der Waals surface area (Å²) in [6, 6.07) is 0.368. The van der Waals surface area contributed by atoms with E-state index in [0.717, 1.165) is 32.5 Å². The monoisotopic (exact) mass is 210 g/mol. The van der Waals surface area contributed by atoms with E-state index in [0.29, 0.717) is 23.3 Å². The first-order chi connectivity index (χ1) is 7.08. The van der Waals surface area contributed by atoms with E-state index in [1.807, 2.05) is 0 Å². The Morgan fingerprint density at radius 3 is 2.87 bits per heavy atom. The predicted molar refractivity (Wildman–Crippen MR) is 60.5 cm³/mol. The highest BCUT2D eigenvalue weighted by atomic mass is 16.2. The minimum atomic E-state index is 0.307. The Hall–Kier alpha value is -0.570. The number of carbonyl (C=O) groups is 1. The molecule has 0 aromatic heterocycles. The van der Waals surface area contributed by atoms with Crippen LogP contribution in [0, 0.1) is 11.3 Å². The highest BCUT2D eigenvalue weighted by Gasteiger charge is 2.54. The zero-order chi connectivity index (χ0) is 11.1. The predicted octanol–water partition coefficient (Wildman–Crippen LogP) is 1.24. The summed E-state index contributed by atoms with van der Waals surface area (Å²) in [7, 11) is 0. The number of carbonyl (C=O) groups excluding carboxylic acids is 1. The van der Waals surface area contributed by atoms with Crippen molar-refractivity contribution in [1.82, 2.24) is 10.2 Å². The molecule has 15 heavy (non-hydrogen) atoms. The second-order valence-electron chi connectivity index (χ2n) is 5.35. The minimum absolute atomic E-state index is 0.307. The zero-order valence-electron chi connectivity index (χ0n) is 10.0. The lowest BCUT2D eigenvalue weighted by molar-refractivity contribution is -0.136. The molecule has 3 nitrogen and oxygen atoms in total. The molecule has 2 rings (SSSR count). The number of nitrogens with zero attached hydrogens (tertiary/aromatic N) is 1. The fourth-order valence-electron chi connectivity index (χ4n) is 2.55. The molecule has 1 aliphatic heterocycles. The Labute approximate surface area is 92.2 Å². The molecule has 1 saturated heterocycles. The summed E-state index contributed by atoms with van der Waals surface area (Å²) in [6.45, 7) is 9.34. The molecule has 0 spiro atoms. The van der Waals surface area contributed by atoms with E-state index >= 15 is 0 Å². The Balaban J connectivity index is 1.97. The number of piperazine rings is 1. The molecule has 1 amide bonds. The molecule has 3 heteroatoms. The van der Waals surface area contributed by atoms with Crippen molar-refractivity contribution in [3.8, 4) is 0 Å². The molecule has 2 unspecified atom stereocenters. The maximum Gasteiger partial charge on any atom is 0.226 e. The van der Waals surface area contributed by atoms with Gasteiger partial charge in [0.15, 0.2) is 0 Å². The van der Waals surface area contributed by atoms with Crippen LogP contribution in [0.15, 0.2) is 0 Å². The van der Waals surface area contributed by atoms with Crippen molar-refractivity contribution in [3.05, 3.63) is 0 Å². The van der Waals surface area contributed by atoms with E-state index in [2.05, 4.69) is 31.0 Å². The van der Waals surface area contributed by atoms with E-state index in [1.54, 1.807) is 0 Å². The first-order valence-electron chi connectivity index (χ1n) is 6.09. The van der Waals surface area contributed by atoms with Crippen LogP contribution in [-0.2, 0) is 4.79 Å². The molecule has 0 aromatic carbocycles.